The minimum absolute atomic E-state index is 0.00828. The lowest BCUT2D eigenvalue weighted by atomic mass is 10.1. The predicted octanol–water partition coefficient (Wildman–Crippen LogP) is 2.93. The van der Waals surface area contributed by atoms with Crippen LogP contribution in [-0.4, -0.2) is 20.4 Å². The van der Waals surface area contributed by atoms with Crippen molar-refractivity contribution in [2.45, 2.75) is 12.8 Å². The molecule has 0 saturated heterocycles. The molecular weight excluding hydrogens is 268 g/mol. The highest BCUT2D eigenvalue weighted by Crippen LogP contribution is 2.30. The normalized spacial score (nSPS) is 10.7. The van der Waals surface area contributed by atoms with Crippen molar-refractivity contribution in [1.82, 2.24) is 10.1 Å². The molecule has 2 N–H and O–H groups in total. The first-order valence-corrected chi connectivity index (χ1v) is 6.61. The van der Waals surface area contributed by atoms with Gasteiger partial charge in [0.15, 0.2) is 5.82 Å². The summed E-state index contributed by atoms with van der Waals surface area (Å²) in [6.07, 6.45) is 1.46. The largest absolute Gasteiger partial charge is 0.508 e. The Labute approximate surface area is 121 Å². The zero-order valence-corrected chi connectivity index (χ0v) is 11.2. The van der Waals surface area contributed by atoms with Crippen molar-refractivity contribution in [1.29, 1.82) is 0 Å². The van der Waals surface area contributed by atoms with Crippen molar-refractivity contribution in [2.75, 3.05) is 0 Å². The molecule has 21 heavy (non-hydrogen) atoms. The van der Waals surface area contributed by atoms with Crippen molar-refractivity contribution in [2.24, 2.45) is 0 Å². The Morgan fingerprint density at radius 3 is 2.57 bits per heavy atom. The summed E-state index contributed by atoms with van der Waals surface area (Å²) in [7, 11) is 0. The summed E-state index contributed by atoms with van der Waals surface area (Å²) in [6, 6.07) is 14.2. The molecule has 1 aromatic heterocycles. The fraction of sp³-hybridized carbons (Fsp3) is 0.125. The summed E-state index contributed by atoms with van der Waals surface area (Å²) in [5.41, 5.74) is 1.53. The van der Waals surface area contributed by atoms with E-state index in [1.807, 2.05) is 30.3 Å². The molecule has 0 aliphatic heterocycles. The minimum atomic E-state index is -0.00828. The van der Waals surface area contributed by atoms with Gasteiger partial charge in [-0.15, -0.1) is 0 Å². The van der Waals surface area contributed by atoms with Crippen LogP contribution in [0.1, 0.15) is 11.4 Å². The molecule has 0 unspecified atom stereocenters. The van der Waals surface area contributed by atoms with Crippen LogP contribution in [0.15, 0.2) is 53.1 Å². The zero-order valence-electron chi connectivity index (χ0n) is 11.2. The van der Waals surface area contributed by atoms with Gasteiger partial charge in [-0.2, -0.15) is 4.98 Å². The number of phenolic OH excluding ortho intramolecular Hbond substituents is 2. The molecule has 5 heteroatoms. The second-order valence-electron chi connectivity index (χ2n) is 4.70. The average molecular weight is 282 g/mol. The van der Waals surface area contributed by atoms with Crippen LogP contribution in [0.25, 0.3) is 11.5 Å². The molecule has 2 aromatic carbocycles. The zero-order chi connectivity index (χ0) is 14.7. The molecule has 3 rings (SSSR count). The standard InChI is InChI=1S/C16H14N2O3/c19-12-7-8-14(20)13(10-12)16-17-15(18-21-16)9-6-11-4-2-1-3-5-11/h1-5,7-8,10,19-20H,6,9H2. The molecule has 0 spiro atoms. The third-order valence-corrected chi connectivity index (χ3v) is 3.16. The van der Waals surface area contributed by atoms with E-state index in [1.165, 1.54) is 23.8 Å². The Hall–Kier alpha value is -2.82. The highest BCUT2D eigenvalue weighted by molar-refractivity contribution is 5.64. The Bertz CT molecular complexity index is 738. The van der Waals surface area contributed by atoms with Crippen LogP contribution >= 0.6 is 0 Å². The van der Waals surface area contributed by atoms with Crippen LogP contribution in [0, 0.1) is 0 Å². The summed E-state index contributed by atoms with van der Waals surface area (Å²) in [4.78, 5) is 4.25. The molecule has 0 saturated carbocycles. The Kier molecular flexibility index (Phi) is 3.55. The SMILES string of the molecule is Oc1ccc(O)c(-c2nc(CCc3ccccc3)no2)c1. The summed E-state index contributed by atoms with van der Waals surface area (Å²) in [5.74, 6) is 0.793. The first kappa shape index (κ1) is 13.2. The van der Waals surface area contributed by atoms with E-state index in [1.54, 1.807) is 0 Å². The smallest absolute Gasteiger partial charge is 0.261 e. The highest BCUT2D eigenvalue weighted by Gasteiger charge is 2.13. The topological polar surface area (TPSA) is 79.4 Å². The fourth-order valence-corrected chi connectivity index (χ4v) is 2.06. The summed E-state index contributed by atoms with van der Waals surface area (Å²) in [6.45, 7) is 0. The number of benzene rings is 2. The number of aromatic nitrogens is 2. The van der Waals surface area contributed by atoms with Gasteiger partial charge < -0.3 is 14.7 Å². The second-order valence-corrected chi connectivity index (χ2v) is 4.70. The van der Waals surface area contributed by atoms with E-state index in [0.29, 0.717) is 17.8 Å². The van der Waals surface area contributed by atoms with Crippen molar-refractivity contribution < 1.29 is 14.7 Å². The molecule has 5 nitrogen and oxygen atoms in total. The van der Waals surface area contributed by atoms with Crippen molar-refractivity contribution in [3.05, 3.63) is 59.9 Å². The maximum atomic E-state index is 9.77. The first-order valence-electron chi connectivity index (χ1n) is 6.61. The van der Waals surface area contributed by atoms with Crippen LogP contribution < -0.4 is 0 Å². The van der Waals surface area contributed by atoms with Crippen LogP contribution in [0.4, 0.5) is 0 Å². The number of hydrogen-bond donors (Lipinski definition) is 2. The number of hydrogen-bond acceptors (Lipinski definition) is 5. The highest BCUT2D eigenvalue weighted by atomic mass is 16.5. The van der Waals surface area contributed by atoms with Crippen LogP contribution in [0.3, 0.4) is 0 Å². The Morgan fingerprint density at radius 2 is 1.76 bits per heavy atom. The predicted molar refractivity (Wildman–Crippen MR) is 76.9 cm³/mol. The van der Waals surface area contributed by atoms with Gasteiger partial charge >= 0.3 is 0 Å². The lowest BCUT2D eigenvalue weighted by molar-refractivity contribution is 0.415. The Balaban J connectivity index is 1.76. The molecule has 0 aliphatic carbocycles. The van der Waals surface area contributed by atoms with Gasteiger partial charge in [-0.05, 0) is 30.2 Å². The molecule has 0 aliphatic rings. The van der Waals surface area contributed by atoms with E-state index in [-0.39, 0.29) is 17.4 Å². The quantitative estimate of drug-likeness (QED) is 0.719. The third kappa shape index (κ3) is 3.02. The summed E-state index contributed by atoms with van der Waals surface area (Å²) >= 11 is 0. The summed E-state index contributed by atoms with van der Waals surface area (Å²) < 4.78 is 5.14. The molecule has 0 fully saturated rings. The maximum absolute atomic E-state index is 9.77. The van der Waals surface area contributed by atoms with E-state index in [0.717, 1.165) is 6.42 Å². The molecular formula is C16H14N2O3. The number of nitrogens with zero attached hydrogens (tertiary/aromatic N) is 2. The molecule has 1 heterocycles. The first-order chi connectivity index (χ1) is 10.2. The third-order valence-electron chi connectivity index (χ3n) is 3.16. The fourth-order valence-electron chi connectivity index (χ4n) is 2.06. The maximum Gasteiger partial charge on any atom is 0.261 e. The average Bonchev–Trinajstić information content (AvgIpc) is 2.97. The van der Waals surface area contributed by atoms with Gasteiger partial charge in [0.05, 0.1) is 5.56 Å². The van der Waals surface area contributed by atoms with Gasteiger partial charge in [0.25, 0.3) is 5.89 Å². The molecule has 0 atom stereocenters. The van der Waals surface area contributed by atoms with Gasteiger partial charge in [-0.3, -0.25) is 0 Å². The van der Waals surface area contributed by atoms with E-state index in [9.17, 15) is 10.2 Å². The number of phenols is 2. The molecule has 3 aromatic rings. The van der Waals surface area contributed by atoms with Gasteiger partial charge in [-0.1, -0.05) is 35.5 Å². The van der Waals surface area contributed by atoms with Crippen molar-refractivity contribution >= 4 is 0 Å². The second kappa shape index (κ2) is 5.66. The lowest BCUT2D eigenvalue weighted by Gasteiger charge is -1.99. The molecule has 0 amide bonds. The van der Waals surface area contributed by atoms with Crippen molar-refractivity contribution in [3.8, 4) is 23.0 Å². The van der Waals surface area contributed by atoms with E-state index in [2.05, 4.69) is 10.1 Å². The lowest BCUT2D eigenvalue weighted by Crippen LogP contribution is -1.93. The van der Waals surface area contributed by atoms with E-state index >= 15 is 0 Å². The van der Waals surface area contributed by atoms with Gasteiger partial charge in [0, 0.05) is 6.42 Å². The molecule has 0 bridgehead atoms. The Morgan fingerprint density at radius 1 is 0.952 bits per heavy atom. The van der Waals surface area contributed by atoms with Gasteiger partial charge in [0.2, 0.25) is 0 Å². The number of aryl methyl sites for hydroxylation is 2. The van der Waals surface area contributed by atoms with Crippen LogP contribution in [-0.2, 0) is 12.8 Å². The molecule has 0 radical (unpaired) electrons. The number of aromatic hydroxyl groups is 2. The monoisotopic (exact) mass is 282 g/mol. The van der Waals surface area contributed by atoms with Gasteiger partial charge in [-0.25, -0.2) is 0 Å². The number of rotatable bonds is 4. The minimum Gasteiger partial charge on any atom is -0.508 e. The van der Waals surface area contributed by atoms with Gasteiger partial charge in [0.1, 0.15) is 11.5 Å². The van der Waals surface area contributed by atoms with E-state index < -0.39 is 0 Å². The summed E-state index contributed by atoms with van der Waals surface area (Å²) in [5, 5.41) is 23.1. The van der Waals surface area contributed by atoms with Crippen LogP contribution in [0.2, 0.25) is 0 Å². The van der Waals surface area contributed by atoms with Crippen LogP contribution in [0.5, 0.6) is 11.5 Å². The van der Waals surface area contributed by atoms with E-state index in [4.69, 9.17) is 4.52 Å². The van der Waals surface area contributed by atoms with Crippen molar-refractivity contribution in [3.63, 3.8) is 0 Å². The molecule has 106 valence electrons.